The Hall–Kier alpha value is -0.910. The normalized spacial score (nSPS) is 9.20. The van der Waals surface area contributed by atoms with Crippen LogP contribution in [0.5, 0.6) is 0 Å². The molecule has 0 spiro atoms. The summed E-state index contributed by atoms with van der Waals surface area (Å²) in [6.07, 6.45) is 0. The minimum absolute atomic E-state index is 0. The van der Waals surface area contributed by atoms with E-state index in [1.165, 1.54) is 18.3 Å². The van der Waals surface area contributed by atoms with Crippen LogP contribution in [0.1, 0.15) is 26.3 Å². The summed E-state index contributed by atoms with van der Waals surface area (Å²) in [6, 6.07) is 3.30. The van der Waals surface area contributed by atoms with Gasteiger partial charge in [-0.1, -0.05) is 0 Å². The van der Waals surface area contributed by atoms with E-state index in [4.69, 9.17) is 5.73 Å². The molecule has 1 heterocycles. The molecule has 0 aliphatic heterocycles. The third kappa shape index (κ3) is 3.99. The standard InChI is InChI=1S/C9H12N2O2S.ClH/c1-6(12)7-2-3-8(14-7)9(13)11-5-4-10;/h2-3H,4-5,10H2,1H3,(H,11,13);1H. The van der Waals surface area contributed by atoms with Gasteiger partial charge in [-0.05, 0) is 19.1 Å². The zero-order valence-corrected chi connectivity index (χ0v) is 9.91. The average Bonchev–Trinajstić information content (AvgIpc) is 2.62. The highest BCUT2D eigenvalue weighted by molar-refractivity contribution is 7.15. The molecule has 1 aromatic rings. The lowest BCUT2D eigenvalue weighted by Gasteiger charge is -1.99. The fourth-order valence-corrected chi connectivity index (χ4v) is 1.74. The van der Waals surface area contributed by atoms with E-state index in [0.29, 0.717) is 22.8 Å². The lowest BCUT2D eigenvalue weighted by Crippen LogP contribution is -2.28. The fraction of sp³-hybridized carbons (Fsp3) is 0.333. The SMILES string of the molecule is CC(=O)c1ccc(C(=O)NCCN)s1.Cl. The number of halogens is 1. The third-order valence-corrected chi connectivity index (χ3v) is 2.79. The summed E-state index contributed by atoms with van der Waals surface area (Å²) in [5.41, 5.74) is 5.24. The van der Waals surface area contributed by atoms with Crippen molar-refractivity contribution < 1.29 is 9.59 Å². The number of nitrogens with two attached hydrogens (primary N) is 1. The quantitative estimate of drug-likeness (QED) is 0.783. The van der Waals surface area contributed by atoms with Gasteiger partial charge in [-0.25, -0.2) is 0 Å². The summed E-state index contributed by atoms with van der Waals surface area (Å²) in [6.45, 7) is 2.34. The van der Waals surface area contributed by atoms with Crippen molar-refractivity contribution in [1.82, 2.24) is 5.32 Å². The zero-order chi connectivity index (χ0) is 10.6. The van der Waals surface area contributed by atoms with E-state index < -0.39 is 0 Å². The van der Waals surface area contributed by atoms with Crippen molar-refractivity contribution in [2.24, 2.45) is 5.73 Å². The third-order valence-electron chi connectivity index (χ3n) is 1.61. The van der Waals surface area contributed by atoms with E-state index in [1.54, 1.807) is 12.1 Å². The Morgan fingerprint density at radius 1 is 1.40 bits per heavy atom. The van der Waals surface area contributed by atoms with Crippen molar-refractivity contribution >= 4 is 35.4 Å². The lowest BCUT2D eigenvalue weighted by molar-refractivity contribution is 0.0958. The molecule has 4 nitrogen and oxygen atoms in total. The number of hydrogen-bond donors (Lipinski definition) is 2. The molecule has 1 amide bonds. The van der Waals surface area contributed by atoms with Gasteiger partial charge in [0.25, 0.3) is 5.91 Å². The second-order valence-corrected chi connectivity index (χ2v) is 3.85. The average molecular weight is 249 g/mol. The Kier molecular flexibility index (Phi) is 6.15. The number of amides is 1. The second-order valence-electron chi connectivity index (χ2n) is 2.76. The highest BCUT2D eigenvalue weighted by atomic mass is 35.5. The molecule has 15 heavy (non-hydrogen) atoms. The molecule has 3 N–H and O–H groups in total. The van der Waals surface area contributed by atoms with Gasteiger partial charge in [-0.3, -0.25) is 9.59 Å². The number of Topliss-reactive ketones (excluding diaryl/α,β-unsaturated/α-hetero) is 1. The molecule has 84 valence electrons. The second kappa shape index (κ2) is 6.55. The molecule has 0 aliphatic rings. The molecule has 1 aromatic heterocycles. The van der Waals surface area contributed by atoms with Gasteiger partial charge in [0.1, 0.15) is 0 Å². The summed E-state index contributed by atoms with van der Waals surface area (Å²) in [7, 11) is 0. The maximum atomic E-state index is 11.4. The van der Waals surface area contributed by atoms with Crippen LogP contribution in [0.3, 0.4) is 0 Å². The lowest BCUT2D eigenvalue weighted by atomic mass is 10.3. The minimum atomic E-state index is -0.173. The van der Waals surface area contributed by atoms with Crippen molar-refractivity contribution in [3.05, 3.63) is 21.9 Å². The van der Waals surface area contributed by atoms with E-state index in [0.717, 1.165) is 0 Å². The predicted octanol–water partition coefficient (Wildman–Crippen LogP) is 1.06. The van der Waals surface area contributed by atoms with Gasteiger partial charge >= 0.3 is 0 Å². The van der Waals surface area contributed by atoms with E-state index >= 15 is 0 Å². The van der Waals surface area contributed by atoms with Crippen molar-refractivity contribution in [2.45, 2.75) is 6.92 Å². The number of ketones is 1. The molecule has 0 unspecified atom stereocenters. The molecule has 0 aliphatic carbocycles. The number of carbonyl (C=O) groups is 2. The Morgan fingerprint density at radius 2 is 2.00 bits per heavy atom. The topological polar surface area (TPSA) is 72.2 Å². The van der Waals surface area contributed by atoms with Crippen molar-refractivity contribution in [1.29, 1.82) is 0 Å². The number of hydrogen-bond acceptors (Lipinski definition) is 4. The van der Waals surface area contributed by atoms with Gasteiger partial charge in [-0.2, -0.15) is 0 Å². The predicted molar refractivity (Wildman–Crippen MR) is 63.0 cm³/mol. The van der Waals surface area contributed by atoms with Crippen molar-refractivity contribution in [2.75, 3.05) is 13.1 Å². The summed E-state index contributed by atoms with van der Waals surface area (Å²) in [4.78, 5) is 23.5. The van der Waals surface area contributed by atoms with Crippen LogP contribution in [0.4, 0.5) is 0 Å². The van der Waals surface area contributed by atoms with Gasteiger partial charge < -0.3 is 11.1 Å². The minimum Gasteiger partial charge on any atom is -0.350 e. The molecule has 6 heteroatoms. The first-order valence-corrected chi connectivity index (χ1v) is 5.06. The van der Waals surface area contributed by atoms with Crippen LogP contribution in [0.2, 0.25) is 0 Å². The maximum absolute atomic E-state index is 11.4. The van der Waals surface area contributed by atoms with Gasteiger partial charge in [0, 0.05) is 13.1 Å². The molecule has 1 rings (SSSR count). The highest BCUT2D eigenvalue weighted by Crippen LogP contribution is 2.16. The van der Waals surface area contributed by atoms with Gasteiger partial charge in [0.05, 0.1) is 9.75 Å². The van der Waals surface area contributed by atoms with Gasteiger partial charge in [0.2, 0.25) is 0 Å². The van der Waals surface area contributed by atoms with E-state index in [1.807, 2.05) is 0 Å². The number of rotatable bonds is 4. The van der Waals surface area contributed by atoms with Crippen LogP contribution >= 0.6 is 23.7 Å². The maximum Gasteiger partial charge on any atom is 0.261 e. The Bertz CT molecular complexity index is 352. The molecule has 0 radical (unpaired) electrons. The largest absolute Gasteiger partial charge is 0.350 e. The van der Waals surface area contributed by atoms with E-state index in [-0.39, 0.29) is 24.1 Å². The van der Waals surface area contributed by atoms with Crippen LogP contribution < -0.4 is 11.1 Å². The number of thiophene rings is 1. The first-order chi connectivity index (χ1) is 6.65. The molecule has 0 bridgehead atoms. The smallest absolute Gasteiger partial charge is 0.261 e. The highest BCUT2D eigenvalue weighted by Gasteiger charge is 2.09. The monoisotopic (exact) mass is 248 g/mol. The summed E-state index contributed by atoms with van der Waals surface area (Å²) >= 11 is 1.20. The number of carbonyl (C=O) groups excluding carboxylic acids is 2. The summed E-state index contributed by atoms with van der Waals surface area (Å²) < 4.78 is 0. The molecular weight excluding hydrogens is 236 g/mol. The Morgan fingerprint density at radius 3 is 2.47 bits per heavy atom. The molecule has 0 aromatic carbocycles. The summed E-state index contributed by atoms with van der Waals surface area (Å²) in [5, 5.41) is 2.64. The molecule has 0 fully saturated rings. The van der Waals surface area contributed by atoms with Crippen LogP contribution in [-0.4, -0.2) is 24.8 Å². The van der Waals surface area contributed by atoms with Crippen LogP contribution in [-0.2, 0) is 0 Å². The van der Waals surface area contributed by atoms with E-state index in [2.05, 4.69) is 5.32 Å². The van der Waals surface area contributed by atoms with Gasteiger partial charge in [0.15, 0.2) is 5.78 Å². The van der Waals surface area contributed by atoms with Crippen LogP contribution in [0.15, 0.2) is 12.1 Å². The Balaban J connectivity index is 0.00000196. The summed E-state index contributed by atoms with van der Waals surface area (Å²) in [5.74, 6) is -0.194. The molecule has 0 saturated carbocycles. The zero-order valence-electron chi connectivity index (χ0n) is 8.28. The Labute approximate surface area is 98.3 Å². The van der Waals surface area contributed by atoms with Crippen LogP contribution in [0, 0.1) is 0 Å². The molecule has 0 atom stereocenters. The van der Waals surface area contributed by atoms with Gasteiger partial charge in [-0.15, -0.1) is 23.7 Å². The first kappa shape index (κ1) is 14.1. The van der Waals surface area contributed by atoms with Crippen LogP contribution in [0.25, 0.3) is 0 Å². The van der Waals surface area contributed by atoms with E-state index in [9.17, 15) is 9.59 Å². The number of nitrogens with one attached hydrogen (secondary N) is 1. The van der Waals surface area contributed by atoms with Crippen molar-refractivity contribution in [3.63, 3.8) is 0 Å². The molecular formula is C9H13ClN2O2S. The molecule has 0 saturated heterocycles. The van der Waals surface area contributed by atoms with Crippen molar-refractivity contribution in [3.8, 4) is 0 Å². The fourth-order valence-electron chi connectivity index (χ4n) is 0.922. The first-order valence-electron chi connectivity index (χ1n) is 4.24.